The third kappa shape index (κ3) is 11.1. The zero-order valence-corrected chi connectivity index (χ0v) is 38.0. The third-order valence-corrected chi connectivity index (χ3v) is 16.9. The first kappa shape index (κ1) is 40.6. The number of fused-ring (bicyclic) bond motifs is 5. The van der Waals surface area contributed by atoms with Gasteiger partial charge in [0.25, 0.3) is 0 Å². The smallest absolute Gasteiger partial charge is 0.0708 e. The van der Waals surface area contributed by atoms with Crippen LogP contribution in [0.2, 0.25) is 0 Å². The molecule has 0 N–H and O–H groups in total. The molecule has 4 heterocycles. The molecule has 4 aromatic heterocycles. The molecule has 0 spiro atoms. The van der Waals surface area contributed by atoms with E-state index in [0.29, 0.717) is 0 Å². The number of aryl methyl sites for hydroxylation is 2. The maximum atomic E-state index is 3.85. The molecule has 0 aliphatic rings. The Hall–Kier alpha value is -1.02. The molecule has 0 atom stereocenters. The standard InChI is InChI=1S/C46H58Br2S4/c1-3-5-7-9-11-13-15-17-19-21-23-33-31-41(47)51-45(33)39-29-35-25-27-38-37(43(35)49-39)28-26-36-30-40(50-44(36)38)46-34(32-42(48)52-46)24-22-20-18-16-14-12-10-8-6-4-2/h25-32H,3-24H2,1-2H3. The number of hydrogen-bond acceptors (Lipinski definition) is 4. The minimum absolute atomic E-state index is 1.18. The van der Waals surface area contributed by atoms with Crippen LogP contribution in [0.5, 0.6) is 0 Å². The van der Waals surface area contributed by atoms with Crippen molar-refractivity contribution >= 4 is 108 Å². The Balaban J connectivity index is 1.10. The van der Waals surface area contributed by atoms with Crippen molar-refractivity contribution in [2.24, 2.45) is 0 Å². The zero-order chi connectivity index (χ0) is 36.1. The van der Waals surface area contributed by atoms with Gasteiger partial charge in [0.2, 0.25) is 0 Å². The summed E-state index contributed by atoms with van der Waals surface area (Å²) in [7, 11) is 0. The van der Waals surface area contributed by atoms with Crippen molar-refractivity contribution in [3.63, 3.8) is 0 Å². The lowest BCUT2D eigenvalue weighted by Crippen LogP contribution is -1.86. The predicted octanol–water partition coefficient (Wildman–Crippen LogP) is 19.2. The van der Waals surface area contributed by atoms with E-state index in [1.807, 2.05) is 45.3 Å². The second-order valence-corrected chi connectivity index (χ2v) is 21.9. The van der Waals surface area contributed by atoms with E-state index in [1.54, 1.807) is 0 Å². The maximum absolute atomic E-state index is 3.85. The fraction of sp³-hybridized carbons (Fsp3) is 0.522. The molecule has 0 saturated heterocycles. The lowest BCUT2D eigenvalue weighted by Gasteiger charge is -2.04. The van der Waals surface area contributed by atoms with E-state index in [1.165, 1.54) is 210 Å². The highest BCUT2D eigenvalue weighted by atomic mass is 79.9. The third-order valence-electron chi connectivity index (χ3n) is 10.8. The maximum Gasteiger partial charge on any atom is 0.0708 e. The van der Waals surface area contributed by atoms with Gasteiger partial charge in [-0.2, -0.15) is 0 Å². The van der Waals surface area contributed by atoms with E-state index in [-0.39, 0.29) is 0 Å². The van der Waals surface area contributed by atoms with E-state index in [4.69, 9.17) is 0 Å². The van der Waals surface area contributed by atoms with Gasteiger partial charge in [0.1, 0.15) is 0 Å². The summed E-state index contributed by atoms with van der Waals surface area (Å²) >= 11 is 15.5. The molecule has 0 radical (unpaired) electrons. The SMILES string of the molecule is CCCCCCCCCCCCc1cc(Br)sc1-c1cc2ccc3c(ccc4cc(-c5sc(Br)cc5CCCCCCCCCCCC)sc43)c2s1. The molecule has 6 rings (SSSR count). The number of benzene rings is 2. The largest absolute Gasteiger partial charge is 0.134 e. The zero-order valence-electron chi connectivity index (χ0n) is 31.6. The van der Waals surface area contributed by atoms with Crippen molar-refractivity contribution in [1.29, 1.82) is 0 Å². The summed E-state index contributed by atoms with van der Waals surface area (Å²) in [6, 6.07) is 19.2. The summed E-state index contributed by atoms with van der Waals surface area (Å²) in [6.07, 6.45) is 30.1. The Morgan fingerprint density at radius 1 is 0.404 bits per heavy atom. The summed E-state index contributed by atoms with van der Waals surface area (Å²) in [4.78, 5) is 5.78. The van der Waals surface area contributed by atoms with Crippen LogP contribution in [0.4, 0.5) is 0 Å². The fourth-order valence-corrected chi connectivity index (χ4v) is 13.9. The normalized spacial score (nSPS) is 12.0. The second-order valence-electron chi connectivity index (χ2n) is 15.0. The van der Waals surface area contributed by atoms with Crippen molar-refractivity contribution in [2.75, 3.05) is 0 Å². The molecule has 6 heteroatoms. The summed E-state index contributed by atoms with van der Waals surface area (Å²) in [6.45, 7) is 4.60. The van der Waals surface area contributed by atoms with E-state index in [2.05, 4.69) is 94.2 Å². The van der Waals surface area contributed by atoms with Crippen molar-refractivity contribution in [3.05, 3.63) is 67.2 Å². The number of rotatable bonds is 24. The van der Waals surface area contributed by atoms with Crippen LogP contribution in [-0.2, 0) is 12.8 Å². The van der Waals surface area contributed by atoms with E-state index in [0.717, 1.165) is 0 Å². The van der Waals surface area contributed by atoms with E-state index < -0.39 is 0 Å². The summed E-state index contributed by atoms with van der Waals surface area (Å²) in [5, 5.41) is 5.55. The molecule has 0 unspecified atom stereocenters. The highest BCUT2D eigenvalue weighted by Crippen LogP contribution is 2.47. The highest BCUT2D eigenvalue weighted by molar-refractivity contribution is 9.11. The van der Waals surface area contributed by atoms with Gasteiger partial charge in [-0.3, -0.25) is 0 Å². The quantitative estimate of drug-likeness (QED) is 0.0531. The number of thiophene rings is 4. The molecule has 280 valence electrons. The molecule has 0 aliphatic carbocycles. The van der Waals surface area contributed by atoms with Crippen molar-refractivity contribution in [3.8, 4) is 19.5 Å². The van der Waals surface area contributed by atoms with E-state index >= 15 is 0 Å². The summed E-state index contributed by atoms with van der Waals surface area (Å²) in [5.74, 6) is 0. The van der Waals surface area contributed by atoms with Gasteiger partial charge in [0.05, 0.1) is 7.57 Å². The van der Waals surface area contributed by atoms with Crippen LogP contribution in [0.25, 0.3) is 50.5 Å². The summed E-state index contributed by atoms with van der Waals surface area (Å²) in [5.41, 5.74) is 3.04. The highest BCUT2D eigenvalue weighted by Gasteiger charge is 2.18. The fourth-order valence-electron chi connectivity index (χ4n) is 7.81. The lowest BCUT2D eigenvalue weighted by atomic mass is 10.0. The van der Waals surface area contributed by atoms with Crippen molar-refractivity contribution in [2.45, 2.75) is 155 Å². The van der Waals surface area contributed by atoms with Crippen molar-refractivity contribution < 1.29 is 0 Å². The first-order valence-electron chi connectivity index (χ1n) is 20.5. The van der Waals surface area contributed by atoms with Gasteiger partial charge in [-0.1, -0.05) is 154 Å². The first-order chi connectivity index (χ1) is 25.6. The Bertz CT molecular complexity index is 1830. The predicted molar refractivity (Wildman–Crippen MR) is 248 cm³/mol. The Morgan fingerprint density at radius 2 is 0.750 bits per heavy atom. The minimum Gasteiger partial charge on any atom is -0.134 e. The molecule has 0 saturated carbocycles. The Kier molecular flexibility index (Phi) is 16.7. The van der Waals surface area contributed by atoms with Gasteiger partial charge in [-0.25, -0.2) is 0 Å². The van der Waals surface area contributed by atoms with Gasteiger partial charge >= 0.3 is 0 Å². The molecule has 2 aromatic carbocycles. The average molecular weight is 899 g/mol. The van der Waals surface area contributed by atoms with Gasteiger partial charge in [0.15, 0.2) is 0 Å². The van der Waals surface area contributed by atoms with Crippen LogP contribution in [0.1, 0.15) is 153 Å². The molecule has 0 nitrogen and oxygen atoms in total. The monoisotopic (exact) mass is 896 g/mol. The average Bonchev–Trinajstić information content (AvgIpc) is 3.94. The van der Waals surface area contributed by atoms with Crippen LogP contribution in [-0.4, -0.2) is 0 Å². The Labute approximate surface area is 347 Å². The molecule has 0 amide bonds. The van der Waals surface area contributed by atoms with Crippen LogP contribution < -0.4 is 0 Å². The topological polar surface area (TPSA) is 0 Å². The lowest BCUT2D eigenvalue weighted by molar-refractivity contribution is 0.556. The molecule has 6 aromatic rings. The van der Waals surface area contributed by atoms with Gasteiger partial charge < -0.3 is 0 Å². The number of hydrogen-bond donors (Lipinski definition) is 0. The molecule has 0 aliphatic heterocycles. The van der Waals surface area contributed by atoms with Crippen LogP contribution in [0.15, 0.2) is 56.1 Å². The van der Waals surface area contributed by atoms with Crippen LogP contribution >= 0.6 is 77.2 Å². The second kappa shape index (κ2) is 21.3. The molecule has 0 fully saturated rings. The Morgan fingerprint density at radius 3 is 1.12 bits per heavy atom. The summed E-state index contributed by atoms with van der Waals surface area (Å²) < 4.78 is 5.37. The van der Waals surface area contributed by atoms with Gasteiger partial charge in [0, 0.05) is 39.7 Å². The number of halogens is 2. The number of unbranched alkanes of at least 4 members (excludes halogenated alkanes) is 18. The first-order valence-corrected chi connectivity index (χ1v) is 25.4. The van der Waals surface area contributed by atoms with E-state index in [9.17, 15) is 0 Å². The molecule has 0 bridgehead atoms. The van der Waals surface area contributed by atoms with Gasteiger partial charge in [-0.05, 0) is 104 Å². The minimum atomic E-state index is 1.18. The van der Waals surface area contributed by atoms with Crippen molar-refractivity contribution in [1.82, 2.24) is 0 Å². The molecule has 52 heavy (non-hydrogen) atoms. The van der Waals surface area contributed by atoms with Crippen LogP contribution in [0, 0.1) is 0 Å². The van der Waals surface area contributed by atoms with Gasteiger partial charge in [-0.15, -0.1) is 45.3 Å². The molecular formula is C46H58Br2S4. The van der Waals surface area contributed by atoms with Crippen LogP contribution in [0.3, 0.4) is 0 Å². The molecular weight excluding hydrogens is 841 g/mol.